The van der Waals surface area contributed by atoms with Gasteiger partial charge in [-0.05, 0) is 18.8 Å². The van der Waals surface area contributed by atoms with Crippen LogP contribution >= 0.6 is 0 Å². The summed E-state index contributed by atoms with van der Waals surface area (Å²) in [7, 11) is -4.69. The Labute approximate surface area is 87.6 Å². The second kappa shape index (κ2) is 4.31. The molecule has 0 aliphatic heterocycles. The highest BCUT2D eigenvalue weighted by atomic mass is 32.2. The van der Waals surface area contributed by atoms with Crippen molar-refractivity contribution in [2.45, 2.75) is 37.6 Å². The molecule has 0 spiro atoms. The maximum Gasteiger partial charge on any atom is 0.279 e. The lowest BCUT2D eigenvalue weighted by molar-refractivity contribution is -0.0211. The van der Waals surface area contributed by atoms with E-state index in [2.05, 4.69) is 0 Å². The molecular weight excluding hydrogens is 228 g/mol. The molecule has 0 saturated heterocycles. The van der Waals surface area contributed by atoms with E-state index in [1.165, 1.54) is 0 Å². The van der Waals surface area contributed by atoms with Gasteiger partial charge in [0.1, 0.15) is 5.75 Å². The van der Waals surface area contributed by atoms with Crippen molar-refractivity contribution in [3.05, 3.63) is 0 Å². The summed E-state index contributed by atoms with van der Waals surface area (Å²) in [6.45, 7) is 0. The predicted octanol–water partition coefficient (Wildman–Crippen LogP) is 1.03. The van der Waals surface area contributed by atoms with E-state index in [-0.39, 0.29) is 5.92 Å². The van der Waals surface area contributed by atoms with Crippen LogP contribution in [-0.2, 0) is 10.1 Å². The van der Waals surface area contributed by atoms with Crippen LogP contribution in [0.15, 0.2) is 0 Å². The largest absolute Gasteiger partial charge is 0.322 e. The molecule has 90 valence electrons. The zero-order chi connectivity index (χ0) is 11.7. The Morgan fingerprint density at radius 2 is 1.87 bits per heavy atom. The summed E-state index contributed by atoms with van der Waals surface area (Å²) in [6.07, 6.45) is 2.89. The summed E-state index contributed by atoms with van der Waals surface area (Å²) in [6, 6.07) is -1.48. The van der Waals surface area contributed by atoms with E-state index in [9.17, 15) is 17.2 Å². The Kier molecular flexibility index (Phi) is 3.67. The van der Waals surface area contributed by atoms with E-state index in [1.807, 2.05) is 0 Å². The Morgan fingerprint density at radius 1 is 1.40 bits per heavy atom. The predicted molar refractivity (Wildman–Crippen MR) is 51.3 cm³/mol. The Balaban J connectivity index is 2.67. The molecule has 1 fully saturated rings. The van der Waals surface area contributed by atoms with Crippen molar-refractivity contribution < 1.29 is 21.8 Å². The van der Waals surface area contributed by atoms with E-state index in [1.54, 1.807) is 0 Å². The van der Waals surface area contributed by atoms with Gasteiger partial charge in [0.25, 0.3) is 16.0 Å². The zero-order valence-electron chi connectivity index (χ0n) is 8.20. The molecule has 0 unspecified atom stereocenters. The highest BCUT2D eigenvalue weighted by Crippen LogP contribution is 2.34. The summed E-state index contributed by atoms with van der Waals surface area (Å²) in [5.41, 5.74) is 5.34. The summed E-state index contributed by atoms with van der Waals surface area (Å²) in [4.78, 5) is 0. The van der Waals surface area contributed by atoms with Crippen molar-refractivity contribution in [1.29, 1.82) is 0 Å². The van der Waals surface area contributed by atoms with Gasteiger partial charge in [-0.3, -0.25) is 4.55 Å². The third-order valence-electron chi connectivity index (χ3n) is 2.77. The number of nitrogens with two attached hydrogens (primary N) is 1. The maximum atomic E-state index is 13.3. The Morgan fingerprint density at radius 3 is 2.27 bits per heavy atom. The lowest BCUT2D eigenvalue weighted by atomic mass is 9.94. The molecule has 1 aliphatic carbocycles. The van der Waals surface area contributed by atoms with Gasteiger partial charge in [0, 0.05) is 0 Å². The zero-order valence-corrected chi connectivity index (χ0v) is 9.01. The normalized spacial score (nSPS) is 21.9. The molecule has 0 radical (unpaired) electrons. The molecule has 15 heavy (non-hydrogen) atoms. The van der Waals surface area contributed by atoms with E-state index in [0.29, 0.717) is 12.8 Å². The summed E-state index contributed by atoms with van der Waals surface area (Å²) >= 11 is 0. The van der Waals surface area contributed by atoms with Crippen LogP contribution in [0, 0.1) is 5.92 Å². The van der Waals surface area contributed by atoms with Crippen molar-refractivity contribution in [3.8, 4) is 0 Å². The van der Waals surface area contributed by atoms with Crippen LogP contribution in [0.5, 0.6) is 0 Å². The third-order valence-corrected chi connectivity index (χ3v) is 3.52. The molecule has 3 N–H and O–H groups in total. The fourth-order valence-electron chi connectivity index (χ4n) is 2.00. The molecule has 0 heterocycles. The van der Waals surface area contributed by atoms with Crippen LogP contribution in [0.1, 0.15) is 25.7 Å². The lowest BCUT2D eigenvalue weighted by Crippen LogP contribution is -2.49. The minimum Gasteiger partial charge on any atom is -0.322 e. The number of alkyl halides is 2. The molecule has 1 aliphatic rings. The number of hydrogen-bond acceptors (Lipinski definition) is 3. The average molecular weight is 243 g/mol. The van der Waals surface area contributed by atoms with E-state index >= 15 is 0 Å². The molecule has 0 aromatic carbocycles. The van der Waals surface area contributed by atoms with Crippen LogP contribution < -0.4 is 5.73 Å². The molecule has 0 aromatic rings. The van der Waals surface area contributed by atoms with E-state index in [0.717, 1.165) is 12.8 Å². The highest BCUT2D eigenvalue weighted by Gasteiger charge is 2.45. The fraction of sp³-hybridized carbons (Fsp3) is 1.00. The van der Waals surface area contributed by atoms with Crippen LogP contribution in [0.3, 0.4) is 0 Å². The number of halogens is 2. The first kappa shape index (κ1) is 12.8. The minimum absolute atomic E-state index is 0.346. The van der Waals surface area contributed by atoms with Crippen LogP contribution in [-0.4, -0.2) is 30.7 Å². The van der Waals surface area contributed by atoms with Gasteiger partial charge in [-0.1, -0.05) is 12.8 Å². The van der Waals surface area contributed by atoms with Crippen LogP contribution in [0.4, 0.5) is 8.78 Å². The fourth-order valence-corrected chi connectivity index (χ4v) is 2.68. The monoisotopic (exact) mass is 243 g/mol. The second-order valence-electron chi connectivity index (χ2n) is 4.06. The average Bonchev–Trinajstić information content (AvgIpc) is 2.49. The van der Waals surface area contributed by atoms with Crippen molar-refractivity contribution in [2.75, 3.05) is 5.75 Å². The summed E-state index contributed by atoms with van der Waals surface area (Å²) in [5, 5.41) is 0. The topological polar surface area (TPSA) is 80.4 Å². The molecule has 1 atom stereocenters. The second-order valence-corrected chi connectivity index (χ2v) is 5.51. The minimum atomic E-state index is -4.69. The van der Waals surface area contributed by atoms with E-state index < -0.39 is 27.8 Å². The molecule has 1 rings (SSSR count). The SMILES string of the molecule is N[C@H](C1CCCC1)C(F)(F)CS(=O)(=O)O. The smallest absolute Gasteiger partial charge is 0.279 e. The van der Waals surface area contributed by atoms with Gasteiger partial charge in [-0.25, -0.2) is 8.78 Å². The molecule has 0 amide bonds. The highest BCUT2D eigenvalue weighted by molar-refractivity contribution is 7.85. The first-order chi connectivity index (χ1) is 6.72. The first-order valence-corrected chi connectivity index (χ1v) is 6.42. The van der Waals surface area contributed by atoms with Crippen molar-refractivity contribution >= 4 is 10.1 Å². The number of rotatable bonds is 4. The first-order valence-electron chi connectivity index (χ1n) is 4.81. The third kappa shape index (κ3) is 3.66. The van der Waals surface area contributed by atoms with Gasteiger partial charge in [0.05, 0.1) is 6.04 Å². The molecular formula is C8H15F2NO3S. The molecule has 0 bridgehead atoms. The quantitative estimate of drug-likeness (QED) is 0.722. The van der Waals surface area contributed by atoms with Crippen molar-refractivity contribution in [3.63, 3.8) is 0 Å². The molecule has 4 nitrogen and oxygen atoms in total. The van der Waals surface area contributed by atoms with Crippen molar-refractivity contribution in [1.82, 2.24) is 0 Å². The van der Waals surface area contributed by atoms with Gasteiger partial charge in [-0.2, -0.15) is 8.42 Å². The van der Waals surface area contributed by atoms with Crippen LogP contribution in [0.25, 0.3) is 0 Å². The van der Waals surface area contributed by atoms with E-state index in [4.69, 9.17) is 10.3 Å². The summed E-state index contributed by atoms with van der Waals surface area (Å²) in [5.74, 6) is -5.48. The van der Waals surface area contributed by atoms with Gasteiger partial charge in [0.15, 0.2) is 0 Å². The Hall–Kier alpha value is -0.270. The lowest BCUT2D eigenvalue weighted by Gasteiger charge is -2.27. The van der Waals surface area contributed by atoms with Gasteiger partial charge in [0.2, 0.25) is 0 Å². The maximum absolute atomic E-state index is 13.3. The number of hydrogen-bond donors (Lipinski definition) is 2. The van der Waals surface area contributed by atoms with Gasteiger partial charge >= 0.3 is 0 Å². The molecule has 0 aromatic heterocycles. The van der Waals surface area contributed by atoms with Crippen molar-refractivity contribution in [2.24, 2.45) is 11.7 Å². The standard InChI is InChI=1S/C8H15F2NO3S/c9-8(10,5-15(12,13)14)7(11)6-3-1-2-4-6/h6-7H,1-5,11H2,(H,12,13,14)/t7-/m1/s1. The van der Waals surface area contributed by atoms with Crippen LogP contribution in [0.2, 0.25) is 0 Å². The van der Waals surface area contributed by atoms with Gasteiger partial charge < -0.3 is 5.73 Å². The summed E-state index contributed by atoms with van der Waals surface area (Å²) < 4.78 is 55.8. The van der Waals surface area contributed by atoms with Gasteiger partial charge in [-0.15, -0.1) is 0 Å². The molecule has 1 saturated carbocycles. The molecule has 7 heteroatoms. The Bertz CT molecular complexity index is 312.